The molecule has 23 heavy (non-hydrogen) atoms. The molecule has 122 valence electrons. The minimum absolute atomic E-state index is 0.0404. The third-order valence-corrected chi connectivity index (χ3v) is 4.18. The Balaban J connectivity index is 2.40. The van der Waals surface area contributed by atoms with E-state index in [1.54, 1.807) is 29.8 Å². The van der Waals surface area contributed by atoms with E-state index in [1.807, 2.05) is 0 Å². The maximum atomic E-state index is 13.4. The molecule has 3 aromatic rings. The molecule has 3 rings (SSSR count). The van der Waals surface area contributed by atoms with Crippen molar-refractivity contribution in [2.45, 2.75) is 19.0 Å². The Morgan fingerprint density at radius 3 is 2.65 bits per heavy atom. The van der Waals surface area contributed by atoms with Gasteiger partial charge in [-0.2, -0.15) is 13.2 Å². The zero-order chi connectivity index (χ0) is 16.8. The molecule has 0 amide bonds. The molecule has 0 saturated carbocycles. The lowest BCUT2D eigenvalue weighted by Crippen LogP contribution is -2.09. The molecule has 1 N–H and O–H groups in total. The van der Waals surface area contributed by atoms with Crippen molar-refractivity contribution in [3.8, 4) is 0 Å². The van der Waals surface area contributed by atoms with Crippen molar-refractivity contribution < 1.29 is 18.3 Å². The Morgan fingerprint density at radius 1 is 1.26 bits per heavy atom. The largest absolute Gasteiger partial charge is 0.435 e. The smallest absolute Gasteiger partial charge is 0.396 e. The average Bonchev–Trinajstić information content (AvgIpc) is 2.80. The van der Waals surface area contributed by atoms with Crippen LogP contribution >= 0.6 is 15.9 Å². The number of alkyl halides is 3. The standard InChI is InChI=1S/C15H13BrF3N3O/c1-22-11(3-2-6-23)21-12-13(22)9-5-4-8(16)7-10(9)20-14(12)15(17,18)19/h4-5,7,23H,2-3,6H2,1H3. The second-order valence-electron chi connectivity index (χ2n) is 5.23. The minimum Gasteiger partial charge on any atom is -0.396 e. The summed E-state index contributed by atoms with van der Waals surface area (Å²) in [5.41, 5.74) is -0.467. The summed E-state index contributed by atoms with van der Waals surface area (Å²) in [6, 6.07) is 5.05. The molecule has 0 aliphatic heterocycles. The van der Waals surface area contributed by atoms with Crippen LogP contribution in [0.25, 0.3) is 21.9 Å². The third-order valence-electron chi connectivity index (χ3n) is 3.69. The topological polar surface area (TPSA) is 50.9 Å². The molecule has 0 radical (unpaired) electrons. The van der Waals surface area contributed by atoms with Gasteiger partial charge < -0.3 is 9.67 Å². The van der Waals surface area contributed by atoms with Gasteiger partial charge in [0.25, 0.3) is 0 Å². The van der Waals surface area contributed by atoms with Crippen LogP contribution in [0, 0.1) is 0 Å². The van der Waals surface area contributed by atoms with Crippen molar-refractivity contribution in [1.29, 1.82) is 0 Å². The van der Waals surface area contributed by atoms with Crippen LogP contribution in [0.1, 0.15) is 17.9 Å². The van der Waals surface area contributed by atoms with Crippen LogP contribution in [0.15, 0.2) is 22.7 Å². The quantitative estimate of drug-likeness (QED) is 0.742. The predicted molar refractivity (Wildman–Crippen MR) is 84.1 cm³/mol. The zero-order valence-corrected chi connectivity index (χ0v) is 13.7. The number of nitrogens with zero attached hydrogens (tertiary/aromatic N) is 3. The van der Waals surface area contributed by atoms with E-state index in [1.165, 1.54) is 0 Å². The fourth-order valence-corrected chi connectivity index (χ4v) is 3.00. The summed E-state index contributed by atoms with van der Waals surface area (Å²) in [5, 5.41) is 9.56. The molecular weight excluding hydrogens is 375 g/mol. The monoisotopic (exact) mass is 387 g/mol. The lowest BCUT2D eigenvalue weighted by molar-refractivity contribution is -0.139. The summed E-state index contributed by atoms with van der Waals surface area (Å²) < 4.78 is 42.4. The molecule has 0 atom stereocenters. The molecule has 0 aliphatic rings. The number of halogens is 4. The van der Waals surface area contributed by atoms with Crippen LogP contribution < -0.4 is 0 Å². The first-order valence-corrected chi connectivity index (χ1v) is 7.75. The predicted octanol–water partition coefficient (Wildman–Crippen LogP) is 3.83. The van der Waals surface area contributed by atoms with Crippen molar-refractivity contribution >= 4 is 37.9 Å². The summed E-state index contributed by atoms with van der Waals surface area (Å²) in [5.74, 6) is 0.497. The molecule has 0 spiro atoms. The second kappa shape index (κ2) is 5.76. The number of rotatable bonds is 3. The third kappa shape index (κ3) is 2.81. The molecule has 2 heterocycles. The number of aromatic nitrogens is 3. The average molecular weight is 388 g/mol. The molecule has 4 nitrogen and oxygen atoms in total. The van der Waals surface area contributed by atoms with Crippen molar-refractivity contribution in [2.24, 2.45) is 7.05 Å². The highest BCUT2D eigenvalue weighted by Crippen LogP contribution is 2.37. The number of hydrogen-bond donors (Lipinski definition) is 1. The first kappa shape index (κ1) is 16.2. The van der Waals surface area contributed by atoms with Gasteiger partial charge in [-0.15, -0.1) is 0 Å². The molecular formula is C15H13BrF3N3O. The summed E-state index contributed by atoms with van der Waals surface area (Å²) in [6.07, 6.45) is -3.75. The molecule has 0 aliphatic carbocycles. The summed E-state index contributed by atoms with van der Waals surface area (Å²) >= 11 is 3.26. The van der Waals surface area contributed by atoms with E-state index in [0.717, 1.165) is 0 Å². The Hall–Kier alpha value is -1.67. The van der Waals surface area contributed by atoms with E-state index < -0.39 is 11.9 Å². The lowest BCUT2D eigenvalue weighted by Gasteiger charge is -2.10. The number of aryl methyl sites for hydroxylation is 2. The minimum atomic E-state index is -4.59. The highest BCUT2D eigenvalue weighted by atomic mass is 79.9. The Morgan fingerprint density at radius 2 is 2.00 bits per heavy atom. The van der Waals surface area contributed by atoms with Gasteiger partial charge in [-0.05, 0) is 24.6 Å². The van der Waals surface area contributed by atoms with Gasteiger partial charge in [-0.3, -0.25) is 0 Å². The molecule has 0 unspecified atom stereocenters. The van der Waals surface area contributed by atoms with E-state index in [0.29, 0.717) is 34.0 Å². The molecule has 8 heteroatoms. The number of pyridine rings is 1. The van der Waals surface area contributed by atoms with Crippen LogP contribution in [0.5, 0.6) is 0 Å². The van der Waals surface area contributed by atoms with E-state index in [4.69, 9.17) is 5.11 Å². The lowest BCUT2D eigenvalue weighted by atomic mass is 10.1. The fraction of sp³-hybridized carbons (Fsp3) is 0.333. The zero-order valence-electron chi connectivity index (χ0n) is 12.2. The second-order valence-corrected chi connectivity index (χ2v) is 6.15. The van der Waals surface area contributed by atoms with E-state index in [9.17, 15) is 13.2 Å². The number of benzene rings is 1. The maximum Gasteiger partial charge on any atom is 0.435 e. The van der Waals surface area contributed by atoms with E-state index in [2.05, 4.69) is 25.9 Å². The molecule has 0 bridgehead atoms. The van der Waals surface area contributed by atoms with Crippen LogP contribution in [0.2, 0.25) is 0 Å². The highest BCUT2D eigenvalue weighted by molar-refractivity contribution is 9.10. The van der Waals surface area contributed by atoms with Gasteiger partial charge in [-0.1, -0.05) is 15.9 Å². The van der Waals surface area contributed by atoms with Gasteiger partial charge in [-0.25, -0.2) is 9.97 Å². The summed E-state index contributed by atoms with van der Waals surface area (Å²) in [6.45, 7) is -0.0404. The van der Waals surface area contributed by atoms with Gasteiger partial charge in [0, 0.05) is 29.9 Å². The van der Waals surface area contributed by atoms with Crippen molar-refractivity contribution in [2.75, 3.05) is 6.61 Å². The van der Waals surface area contributed by atoms with Crippen LogP contribution in [-0.2, 0) is 19.6 Å². The van der Waals surface area contributed by atoms with Gasteiger partial charge in [0.1, 0.15) is 11.3 Å². The first-order valence-electron chi connectivity index (χ1n) is 6.95. The van der Waals surface area contributed by atoms with Gasteiger partial charge in [0.15, 0.2) is 5.69 Å². The summed E-state index contributed by atoms with van der Waals surface area (Å²) in [7, 11) is 1.68. The van der Waals surface area contributed by atoms with Crippen LogP contribution in [0.3, 0.4) is 0 Å². The number of fused-ring (bicyclic) bond motifs is 3. The molecule has 0 saturated heterocycles. The van der Waals surface area contributed by atoms with Crippen LogP contribution in [-0.4, -0.2) is 26.2 Å². The number of aliphatic hydroxyl groups excluding tert-OH is 1. The molecule has 1 aromatic carbocycles. The molecule has 0 fully saturated rings. The van der Waals surface area contributed by atoms with Crippen molar-refractivity contribution in [1.82, 2.24) is 14.5 Å². The van der Waals surface area contributed by atoms with Gasteiger partial charge >= 0.3 is 6.18 Å². The van der Waals surface area contributed by atoms with Gasteiger partial charge in [0.2, 0.25) is 0 Å². The maximum absolute atomic E-state index is 13.4. The Bertz CT molecular complexity index is 889. The van der Waals surface area contributed by atoms with E-state index in [-0.39, 0.29) is 17.6 Å². The fourth-order valence-electron chi connectivity index (χ4n) is 2.65. The highest BCUT2D eigenvalue weighted by Gasteiger charge is 2.37. The number of aliphatic hydroxyl groups is 1. The molecule has 2 aromatic heterocycles. The van der Waals surface area contributed by atoms with Gasteiger partial charge in [0.05, 0.1) is 11.0 Å². The SMILES string of the molecule is Cn1c(CCCO)nc2c(C(F)(F)F)nc3cc(Br)ccc3c21. The van der Waals surface area contributed by atoms with E-state index >= 15 is 0 Å². The van der Waals surface area contributed by atoms with Crippen molar-refractivity contribution in [3.63, 3.8) is 0 Å². The van der Waals surface area contributed by atoms with Crippen molar-refractivity contribution in [3.05, 3.63) is 34.2 Å². The number of hydrogen-bond acceptors (Lipinski definition) is 3. The Labute approximate surface area is 138 Å². The normalized spacial score (nSPS) is 12.4. The van der Waals surface area contributed by atoms with Crippen LogP contribution in [0.4, 0.5) is 13.2 Å². The Kier molecular flexibility index (Phi) is 4.05. The first-order chi connectivity index (χ1) is 10.8. The number of imidazole rings is 1. The summed E-state index contributed by atoms with van der Waals surface area (Å²) in [4.78, 5) is 7.94.